The zero-order valence-corrected chi connectivity index (χ0v) is 21.7. The number of aromatic nitrogens is 1. The van der Waals surface area contributed by atoms with Crippen molar-refractivity contribution in [2.24, 2.45) is 0 Å². The molecule has 1 aromatic heterocycles. The summed E-state index contributed by atoms with van der Waals surface area (Å²) in [5, 5.41) is 13.8. The molecule has 9 heteroatoms. The van der Waals surface area contributed by atoms with Gasteiger partial charge in [-0.3, -0.25) is 10.2 Å². The summed E-state index contributed by atoms with van der Waals surface area (Å²) in [5.41, 5.74) is 5.08. The van der Waals surface area contributed by atoms with Gasteiger partial charge in [-0.1, -0.05) is 53.5 Å². The Morgan fingerprint density at radius 3 is 2.78 bits per heavy atom. The summed E-state index contributed by atoms with van der Waals surface area (Å²) < 4.78 is 10.7. The number of nitrogens with zero attached hydrogens (tertiary/aromatic N) is 3. The number of carbonyl (C=O) groups is 1. The number of benzene rings is 2. The van der Waals surface area contributed by atoms with Gasteiger partial charge in [0, 0.05) is 37.3 Å². The number of fused-ring (bicyclic) bond motifs is 3. The van der Waals surface area contributed by atoms with Crippen molar-refractivity contribution in [2.45, 2.75) is 18.8 Å². The average molecular weight is 537 g/mol. The van der Waals surface area contributed by atoms with Crippen molar-refractivity contribution >= 4 is 35.1 Å². The molecular formula is C28H26Cl2N4O3. The predicted molar refractivity (Wildman–Crippen MR) is 143 cm³/mol. The van der Waals surface area contributed by atoms with Crippen LogP contribution in [0.15, 0.2) is 48.7 Å². The van der Waals surface area contributed by atoms with Gasteiger partial charge in [-0.25, -0.2) is 9.78 Å². The van der Waals surface area contributed by atoms with Gasteiger partial charge in [0.05, 0.1) is 29.9 Å². The summed E-state index contributed by atoms with van der Waals surface area (Å²) in [5.74, 6) is 0.226. The summed E-state index contributed by atoms with van der Waals surface area (Å²) >= 11 is 12.5. The molecule has 1 unspecified atom stereocenters. The maximum atomic E-state index is 12.5. The van der Waals surface area contributed by atoms with E-state index in [-0.39, 0.29) is 18.3 Å². The molecule has 1 aliphatic heterocycles. The molecule has 1 saturated heterocycles. The SMILES string of the molecule is N#Cc1c(NC(=O)OCCCN2CCOCC2)ncc2c1-c1ccccc1C(c1ccc(Cl)c(Cl)c1)C2. The van der Waals surface area contributed by atoms with Gasteiger partial charge in [0.2, 0.25) is 0 Å². The van der Waals surface area contributed by atoms with Crippen molar-refractivity contribution in [1.29, 1.82) is 5.26 Å². The maximum Gasteiger partial charge on any atom is 0.412 e. The minimum Gasteiger partial charge on any atom is -0.449 e. The summed E-state index contributed by atoms with van der Waals surface area (Å²) in [6, 6.07) is 15.9. The third-order valence-corrected chi connectivity index (χ3v) is 7.56. The number of carbonyl (C=O) groups excluding carboxylic acids is 1. The number of pyridine rings is 1. The largest absolute Gasteiger partial charge is 0.449 e. The lowest BCUT2D eigenvalue weighted by Crippen LogP contribution is -2.37. The Morgan fingerprint density at radius 2 is 2.00 bits per heavy atom. The smallest absolute Gasteiger partial charge is 0.412 e. The van der Waals surface area contributed by atoms with Crippen LogP contribution in [0.4, 0.5) is 10.6 Å². The number of hydrogen-bond acceptors (Lipinski definition) is 6. The Kier molecular flexibility index (Phi) is 7.92. The minimum atomic E-state index is -0.622. The van der Waals surface area contributed by atoms with Crippen molar-refractivity contribution in [2.75, 3.05) is 44.8 Å². The van der Waals surface area contributed by atoms with Crippen LogP contribution < -0.4 is 5.32 Å². The second-order valence-corrected chi connectivity index (χ2v) is 9.89. The number of nitriles is 1. The first kappa shape index (κ1) is 25.5. The fraction of sp³-hybridized carbons (Fsp3) is 0.321. The van der Waals surface area contributed by atoms with E-state index >= 15 is 0 Å². The van der Waals surface area contributed by atoms with Crippen LogP contribution in [0.5, 0.6) is 0 Å². The summed E-state index contributed by atoms with van der Waals surface area (Å²) in [4.78, 5) is 19.2. The monoisotopic (exact) mass is 536 g/mol. The van der Waals surface area contributed by atoms with E-state index < -0.39 is 6.09 Å². The molecule has 7 nitrogen and oxygen atoms in total. The van der Waals surface area contributed by atoms with Crippen molar-refractivity contribution in [3.8, 4) is 17.2 Å². The van der Waals surface area contributed by atoms with Crippen LogP contribution in [0.2, 0.25) is 10.0 Å². The van der Waals surface area contributed by atoms with E-state index in [4.69, 9.17) is 32.7 Å². The molecule has 1 fully saturated rings. The number of rotatable bonds is 6. The fourth-order valence-corrected chi connectivity index (χ4v) is 5.32. The highest BCUT2D eigenvalue weighted by Crippen LogP contribution is 2.45. The van der Waals surface area contributed by atoms with Gasteiger partial charge in [-0.2, -0.15) is 5.26 Å². The number of ether oxygens (including phenoxy) is 2. The highest BCUT2D eigenvalue weighted by molar-refractivity contribution is 6.42. The van der Waals surface area contributed by atoms with E-state index in [1.54, 1.807) is 12.3 Å². The molecule has 2 aromatic carbocycles. The van der Waals surface area contributed by atoms with Crippen LogP contribution in [0.1, 0.15) is 34.6 Å². The number of nitrogens with one attached hydrogen (secondary N) is 1. The molecule has 3 aromatic rings. The highest BCUT2D eigenvalue weighted by atomic mass is 35.5. The molecule has 0 radical (unpaired) electrons. The van der Waals surface area contributed by atoms with Gasteiger partial charge in [-0.05, 0) is 47.2 Å². The number of halogens is 2. The number of amides is 1. The molecule has 0 saturated carbocycles. The molecule has 1 aliphatic carbocycles. The van der Waals surface area contributed by atoms with E-state index in [1.165, 1.54) is 0 Å². The minimum absolute atomic E-state index is 0.0297. The third kappa shape index (κ3) is 5.58. The lowest BCUT2D eigenvalue weighted by atomic mass is 9.75. The zero-order chi connectivity index (χ0) is 25.8. The Balaban J connectivity index is 1.34. The molecule has 0 spiro atoms. The molecule has 190 valence electrons. The molecule has 1 atom stereocenters. The van der Waals surface area contributed by atoms with Gasteiger partial charge in [0.25, 0.3) is 0 Å². The number of anilines is 1. The van der Waals surface area contributed by atoms with Crippen molar-refractivity contribution in [3.63, 3.8) is 0 Å². The lowest BCUT2D eigenvalue weighted by Gasteiger charge is -2.29. The summed E-state index contributed by atoms with van der Waals surface area (Å²) in [6.07, 6.45) is 2.46. The predicted octanol–water partition coefficient (Wildman–Crippen LogP) is 5.89. The van der Waals surface area contributed by atoms with E-state index in [9.17, 15) is 10.1 Å². The third-order valence-electron chi connectivity index (χ3n) is 6.82. The fourth-order valence-electron chi connectivity index (χ4n) is 5.01. The van der Waals surface area contributed by atoms with Crippen LogP contribution in [0.3, 0.4) is 0 Å². The zero-order valence-electron chi connectivity index (χ0n) is 20.2. The molecule has 2 aliphatic rings. The first-order valence-electron chi connectivity index (χ1n) is 12.2. The molecule has 5 rings (SSSR count). The average Bonchev–Trinajstić information content (AvgIpc) is 2.92. The summed E-state index contributed by atoms with van der Waals surface area (Å²) in [7, 11) is 0. The second-order valence-electron chi connectivity index (χ2n) is 9.08. The van der Waals surface area contributed by atoms with Gasteiger partial charge < -0.3 is 9.47 Å². The van der Waals surface area contributed by atoms with Crippen LogP contribution in [0, 0.1) is 11.3 Å². The number of morpholine rings is 1. The standard InChI is InChI=1S/C28H26Cl2N4O3/c29-24-7-6-18(15-25(24)30)22-14-19-17-32-27(23(16-31)26(19)21-5-2-1-4-20(21)22)33-28(35)37-11-3-8-34-9-12-36-13-10-34/h1-2,4-7,15,17,22H,3,8-14H2,(H,32,33,35). The topological polar surface area (TPSA) is 87.5 Å². The van der Waals surface area contributed by atoms with E-state index in [1.807, 2.05) is 30.3 Å². The van der Waals surface area contributed by atoms with Gasteiger partial charge in [0.15, 0.2) is 5.82 Å². The molecule has 1 amide bonds. The first-order chi connectivity index (χ1) is 18.0. The van der Waals surface area contributed by atoms with Gasteiger partial charge >= 0.3 is 6.09 Å². The van der Waals surface area contributed by atoms with Crippen molar-refractivity contribution < 1.29 is 14.3 Å². The Hall–Kier alpha value is -3.15. The van der Waals surface area contributed by atoms with Crippen LogP contribution in [-0.2, 0) is 15.9 Å². The number of hydrogen-bond donors (Lipinski definition) is 1. The molecule has 1 N–H and O–H groups in total. The maximum absolute atomic E-state index is 12.5. The lowest BCUT2D eigenvalue weighted by molar-refractivity contribution is 0.0348. The van der Waals surface area contributed by atoms with E-state index in [0.29, 0.717) is 22.0 Å². The quantitative estimate of drug-likeness (QED) is 0.395. The second kappa shape index (κ2) is 11.5. The van der Waals surface area contributed by atoms with E-state index in [2.05, 4.69) is 27.3 Å². The highest BCUT2D eigenvalue weighted by Gasteiger charge is 2.30. The first-order valence-corrected chi connectivity index (χ1v) is 13.0. The van der Waals surface area contributed by atoms with Crippen molar-refractivity contribution in [3.05, 3.63) is 81.0 Å². The summed E-state index contributed by atoms with van der Waals surface area (Å²) in [6.45, 7) is 4.38. The molecular weight excluding hydrogens is 511 g/mol. The van der Waals surface area contributed by atoms with E-state index in [0.717, 1.165) is 67.1 Å². The normalized spacial score (nSPS) is 16.8. The van der Waals surface area contributed by atoms with Crippen LogP contribution >= 0.6 is 23.2 Å². The van der Waals surface area contributed by atoms with Crippen LogP contribution in [0.25, 0.3) is 11.1 Å². The van der Waals surface area contributed by atoms with Gasteiger partial charge in [-0.15, -0.1) is 0 Å². The Morgan fingerprint density at radius 1 is 1.19 bits per heavy atom. The van der Waals surface area contributed by atoms with Crippen LogP contribution in [-0.4, -0.2) is 55.4 Å². The molecule has 2 heterocycles. The Bertz CT molecular complexity index is 1350. The molecule has 37 heavy (non-hydrogen) atoms. The van der Waals surface area contributed by atoms with Crippen molar-refractivity contribution in [1.82, 2.24) is 9.88 Å². The van der Waals surface area contributed by atoms with Gasteiger partial charge in [0.1, 0.15) is 11.6 Å². The Labute approximate surface area is 225 Å². The molecule has 0 bridgehead atoms.